The molecule has 1 unspecified atom stereocenters. The monoisotopic (exact) mass is 308 g/mol. The van der Waals surface area contributed by atoms with Crippen molar-refractivity contribution in [2.24, 2.45) is 0 Å². The van der Waals surface area contributed by atoms with Crippen LogP contribution in [0.3, 0.4) is 0 Å². The van der Waals surface area contributed by atoms with Crippen LogP contribution in [-0.4, -0.2) is 5.11 Å². The second-order valence-corrected chi connectivity index (χ2v) is 6.84. The minimum Gasteiger partial charge on any atom is -0.508 e. The van der Waals surface area contributed by atoms with Crippen LogP contribution < -0.4 is 0 Å². The summed E-state index contributed by atoms with van der Waals surface area (Å²) in [5, 5.41) is 12.8. The average molecular weight is 308 g/mol. The predicted octanol–water partition coefficient (Wildman–Crippen LogP) is 5.88. The Kier molecular flexibility index (Phi) is 4.12. The van der Waals surface area contributed by atoms with Crippen molar-refractivity contribution in [3.05, 3.63) is 87.5 Å². The third-order valence-corrected chi connectivity index (χ3v) is 5.07. The maximum atomic E-state index is 10.6. The van der Waals surface area contributed by atoms with E-state index in [4.69, 9.17) is 0 Å². The zero-order valence-electron chi connectivity index (χ0n) is 13.1. The van der Waals surface area contributed by atoms with Crippen molar-refractivity contribution in [2.45, 2.75) is 26.0 Å². The molecule has 3 rings (SSSR count). The molecule has 0 fully saturated rings. The van der Waals surface area contributed by atoms with E-state index in [-0.39, 0.29) is 5.25 Å². The van der Waals surface area contributed by atoms with E-state index in [1.54, 1.807) is 11.8 Å². The number of allylic oxidation sites excluding steroid dienone is 1. The molecule has 2 heteroatoms. The fraction of sp³-hybridized carbons (Fsp3) is 0.200. The molecule has 112 valence electrons. The van der Waals surface area contributed by atoms with Crippen molar-refractivity contribution in [1.82, 2.24) is 0 Å². The number of rotatable bonds is 2. The number of hydrogen-bond acceptors (Lipinski definition) is 2. The zero-order valence-corrected chi connectivity index (χ0v) is 13.9. The molecule has 0 saturated carbocycles. The lowest BCUT2D eigenvalue weighted by molar-refractivity contribution is 0.435. The minimum atomic E-state index is 0.177. The van der Waals surface area contributed by atoms with E-state index in [9.17, 15) is 5.11 Å². The lowest BCUT2D eigenvalue weighted by Crippen LogP contribution is -2.02. The van der Waals surface area contributed by atoms with Crippen LogP contribution in [0.2, 0.25) is 0 Å². The van der Waals surface area contributed by atoms with Crippen molar-refractivity contribution in [3.63, 3.8) is 0 Å². The molecule has 2 aromatic rings. The van der Waals surface area contributed by atoms with Gasteiger partial charge in [0.2, 0.25) is 0 Å². The van der Waals surface area contributed by atoms with Crippen molar-refractivity contribution in [3.8, 4) is 0 Å². The summed E-state index contributed by atoms with van der Waals surface area (Å²) >= 11 is 1.75. The molecule has 1 heterocycles. The highest BCUT2D eigenvalue weighted by Gasteiger charge is 2.20. The van der Waals surface area contributed by atoms with Gasteiger partial charge in [0.05, 0.1) is 5.25 Å². The van der Waals surface area contributed by atoms with Crippen LogP contribution in [0.25, 0.3) is 5.57 Å². The first kappa shape index (κ1) is 15.0. The van der Waals surface area contributed by atoms with Gasteiger partial charge in [0.15, 0.2) is 0 Å². The average Bonchev–Trinajstić information content (AvgIpc) is 2.49. The highest BCUT2D eigenvalue weighted by atomic mass is 32.2. The number of thioether (sulfide) groups is 1. The third kappa shape index (κ3) is 2.84. The summed E-state index contributed by atoms with van der Waals surface area (Å²) < 4.78 is 0. The van der Waals surface area contributed by atoms with Gasteiger partial charge in [-0.3, -0.25) is 0 Å². The molecule has 0 saturated heterocycles. The summed E-state index contributed by atoms with van der Waals surface area (Å²) in [6.07, 6.45) is 1.95. The van der Waals surface area contributed by atoms with Gasteiger partial charge in [-0.1, -0.05) is 48.0 Å². The van der Waals surface area contributed by atoms with Gasteiger partial charge >= 0.3 is 0 Å². The number of aliphatic hydroxyl groups is 1. The van der Waals surface area contributed by atoms with Crippen molar-refractivity contribution in [2.75, 3.05) is 0 Å². The Hall–Kier alpha value is -1.93. The van der Waals surface area contributed by atoms with E-state index < -0.39 is 0 Å². The summed E-state index contributed by atoms with van der Waals surface area (Å²) in [5.74, 6) is 0.377. The Bertz CT molecular complexity index is 734. The van der Waals surface area contributed by atoms with Gasteiger partial charge in [-0.2, -0.15) is 0 Å². The van der Waals surface area contributed by atoms with Crippen LogP contribution in [-0.2, 0) is 0 Å². The molecular weight excluding hydrogens is 288 g/mol. The molecule has 0 radical (unpaired) electrons. The summed E-state index contributed by atoms with van der Waals surface area (Å²) in [5.41, 5.74) is 6.98. The molecule has 2 aromatic carbocycles. The summed E-state index contributed by atoms with van der Waals surface area (Å²) in [4.78, 5) is 0. The first-order valence-electron chi connectivity index (χ1n) is 7.46. The van der Waals surface area contributed by atoms with Crippen LogP contribution in [0.15, 0.2) is 59.7 Å². The van der Waals surface area contributed by atoms with Crippen LogP contribution in [0.5, 0.6) is 0 Å². The van der Waals surface area contributed by atoms with E-state index in [1.165, 1.54) is 22.3 Å². The number of aryl methyl sites for hydroxylation is 3. The van der Waals surface area contributed by atoms with Gasteiger partial charge in [0.25, 0.3) is 0 Å². The minimum absolute atomic E-state index is 0.177. The van der Waals surface area contributed by atoms with Gasteiger partial charge in [0.1, 0.15) is 5.76 Å². The summed E-state index contributed by atoms with van der Waals surface area (Å²) in [6, 6.07) is 14.6. The molecule has 1 N–H and O–H groups in total. The molecule has 1 aliphatic heterocycles. The van der Waals surface area contributed by atoms with E-state index in [0.717, 1.165) is 11.1 Å². The molecular formula is C20H20OS. The fourth-order valence-electron chi connectivity index (χ4n) is 3.08. The van der Waals surface area contributed by atoms with Crippen molar-refractivity contribution in [1.29, 1.82) is 0 Å². The van der Waals surface area contributed by atoms with Gasteiger partial charge in [-0.25, -0.2) is 0 Å². The van der Waals surface area contributed by atoms with Crippen molar-refractivity contribution < 1.29 is 5.11 Å². The molecule has 0 spiro atoms. The van der Waals surface area contributed by atoms with E-state index in [1.807, 2.05) is 24.3 Å². The topological polar surface area (TPSA) is 20.2 Å². The van der Waals surface area contributed by atoms with Gasteiger partial charge < -0.3 is 5.11 Å². The summed E-state index contributed by atoms with van der Waals surface area (Å²) in [6.45, 7) is 6.32. The normalized spacial score (nSPS) is 17.9. The highest BCUT2D eigenvalue weighted by molar-refractivity contribution is 8.02. The van der Waals surface area contributed by atoms with E-state index in [0.29, 0.717) is 5.76 Å². The molecule has 1 aliphatic rings. The van der Waals surface area contributed by atoms with Gasteiger partial charge in [-0.05, 0) is 54.5 Å². The Balaban J connectivity index is 1.96. The molecule has 22 heavy (non-hydrogen) atoms. The van der Waals surface area contributed by atoms with Gasteiger partial charge in [-0.15, -0.1) is 11.8 Å². The predicted molar refractivity (Wildman–Crippen MR) is 96.1 cm³/mol. The molecule has 0 amide bonds. The molecule has 1 atom stereocenters. The van der Waals surface area contributed by atoms with E-state index in [2.05, 4.69) is 50.4 Å². The van der Waals surface area contributed by atoms with Crippen LogP contribution in [0, 0.1) is 20.8 Å². The third-order valence-electron chi connectivity index (χ3n) is 3.99. The number of hydrogen-bond donors (Lipinski definition) is 1. The SMILES string of the molecule is Cc1cc(C)c(C2=CSC(c3ccccc3)C=C2O)c(C)c1. The Morgan fingerprint density at radius 2 is 1.59 bits per heavy atom. The first-order chi connectivity index (χ1) is 10.6. The lowest BCUT2D eigenvalue weighted by Gasteiger charge is -2.21. The maximum Gasteiger partial charge on any atom is 0.121 e. The fourth-order valence-corrected chi connectivity index (χ4v) is 4.13. The quantitative estimate of drug-likeness (QED) is 0.747. The molecule has 0 aliphatic carbocycles. The standard InChI is InChI=1S/C20H20OS/c1-13-9-14(2)20(15(3)10-13)17-12-22-19(11-18(17)21)16-7-5-4-6-8-16/h4-12,19,21H,1-3H3. The molecule has 0 bridgehead atoms. The lowest BCUT2D eigenvalue weighted by atomic mass is 9.93. The van der Waals surface area contributed by atoms with Gasteiger partial charge in [0, 0.05) is 5.57 Å². The largest absolute Gasteiger partial charge is 0.508 e. The second kappa shape index (κ2) is 6.05. The first-order valence-corrected chi connectivity index (χ1v) is 8.40. The number of benzene rings is 2. The smallest absolute Gasteiger partial charge is 0.121 e. The number of aliphatic hydroxyl groups excluding tert-OH is 1. The Morgan fingerprint density at radius 1 is 0.955 bits per heavy atom. The zero-order chi connectivity index (χ0) is 15.7. The Morgan fingerprint density at radius 3 is 2.18 bits per heavy atom. The Labute approximate surface area is 136 Å². The highest BCUT2D eigenvalue weighted by Crippen LogP contribution is 2.42. The van der Waals surface area contributed by atoms with Crippen LogP contribution in [0.4, 0.5) is 0 Å². The molecule has 0 aromatic heterocycles. The molecule has 1 nitrogen and oxygen atoms in total. The van der Waals surface area contributed by atoms with E-state index >= 15 is 0 Å². The second-order valence-electron chi connectivity index (χ2n) is 5.82. The van der Waals surface area contributed by atoms with Crippen LogP contribution >= 0.6 is 11.8 Å². The van der Waals surface area contributed by atoms with Crippen LogP contribution in [0.1, 0.15) is 33.1 Å². The maximum absolute atomic E-state index is 10.6. The van der Waals surface area contributed by atoms with Crippen molar-refractivity contribution >= 4 is 17.3 Å². The summed E-state index contributed by atoms with van der Waals surface area (Å²) in [7, 11) is 0.